The Morgan fingerprint density at radius 3 is 2.27 bits per heavy atom. The van der Waals surface area contributed by atoms with Gasteiger partial charge in [0.15, 0.2) is 0 Å². The van der Waals surface area contributed by atoms with Crippen LogP contribution in [0.1, 0.15) is 27.2 Å². The predicted molar refractivity (Wildman–Crippen MR) is 50.8 cm³/mol. The summed E-state index contributed by atoms with van der Waals surface area (Å²) in [7, 11) is 0. The van der Waals surface area contributed by atoms with Crippen LogP contribution in [0.2, 0.25) is 0 Å². The molecule has 3 heteroatoms. The molecular weight excluding hydrogens is 181 g/mol. The second-order valence-electron chi connectivity index (χ2n) is 3.47. The van der Waals surface area contributed by atoms with Crippen molar-refractivity contribution >= 4 is 28.4 Å². The van der Waals surface area contributed by atoms with E-state index in [0.29, 0.717) is 5.17 Å². The Morgan fingerprint density at radius 2 is 2.00 bits per heavy atom. The summed E-state index contributed by atoms with van der Waals surface area (Å²) in [5.74, 6) is 0. The molecule has 1 rings (SSSR count). The van der Waals surface area contributed by atoms with Gasteiger partial charge in [-0.3, -0.25) is 4.99 Å². The lowest BCUT2D eigenvalue weighted by Gasteiger charge is -2.10. The summed E-state index contributed by atoms with van der Waals surface area (Å²) in [6.07, 6.45) is 0.934. The SMILES string of the molecule is CCN=C(Cl)C1(C)CC1(C)Cl. The number of hydrogen-bond donors (Lipinski definition) is 0. The van der Waals surface area contributed by atoms with Gasteiger partial charge in [-0.1, -0.05) is 18.5 Å². The lowest BCUT2D eigenvalue weighted by Crippen LogP contribution is -2.14. The molecule has 1 fully saturated rings. The number of hydrogen-bond acceptors (Lipinski definition) is 1. The minimum absolute atomic E-state index is 0.0634. The van der Waals surface area contributed by atoms with Crippen LogP contribution in [0.25, 0.3) is 0 Å². The van der Waals surface area contributed by atoms with Gasteiger partial charge in [0, 0.05) is 12.0 Å². The minimum atomic E-state index is -0.164. The molecule has 0 bridgehead atoms. The third-order valence-corrected chi connectivity index (χ3v) is 3.55. The van der Waals surface area contributed by atoms with Crippen LogP contribution in [0.5, 0.6) is 0 Å². The van der Waals surface area contributed by atoms with Gasteiger partial charge in [0.2, 0.25) is 0 Å². The maximum Gasteiger partial charge on any atom is 0.108 e. The zero-order valence-corrected chi connectivity index (χ0v) is 8.63. The van der Waals surface area contributed by atoms with Gasteiger partial charge in [0.1, 0.15) is 5.17 Å². The van der Waals surface area contributed by atoms with Crippen LogP contribution in [-0.2, 0) is 0 Å². The summed E-state index contributed by atoms with van der Waals surface area (Å²) in [5.41, 5.74) is -0.0634. The van der Waals surface area contributed by atoms with Gasteiger partial charge >= 0.3 is 0 Å². The zero-order valence-electron chi connectivity index (χ0n) is 7.12. The number of halogens is 2. The molecule has 0 aromatic heterocycles. The first-order valence-electron chi connectivity index (χ1n) is 3.83. The van der Waals surface area contributed by atoms with Gasteiger partial charge in [-0.15, -0.1) is 11.6 Å². The lowest BCUT2D eigenvalue weighted by atomic mass is 10.1. The maximum atomic E-state index is 6.11. The fourth-order valence-corrected chi connectivity index (χ4v) is 2.02. The van der Waals surface area contributed by atoms with Crippen molar-refractivity contribution in [2.75, 3.05) is 6.54 Å². The first-order chi connectivity index (χ1) is 4.94. The van der Waals surface area contributed by atoms with E-state index in [9.17, 15) is 0 Å². The topological polar surface area (TPSA) is 12.4 Å². The summed E-state index contributed by atoms with van der Waals surface area (Å²) >= 11 is 12.1. The van der Waals surface area contributed by atoms with E-state index in [-0.39, 0.29) is 10.3 Å². The summed E-state index contributed by atoms with van der Waals surface area (Å²) in [6, 6.07) is 0. The molecule has 11 heavy (non-hydrogen) atoms. The molecule has 1 saturated carbocycles. The molecule has 64 valence electrons. The average Bonchev–Trinajstić information content (AvgIpc) is 2.35. The number of nitrogens with zero attached hydrogens (tertiary/aromatic N) is 1. The molecule has 2 atom stereocenters. The Morgan fingerprint density at radius 1 is 1.55 bits per heavy atom. The largest absolute Gasteiger partial charge is 0.277 e. The van der Waals surface area contributed by atoms with Crippen molar-refractivity contribution in [2.24, 2.45) is 10.4 Å². The first-order valence-corrected chi connectivity index (χ1v) is 4.59. The fraction of sp³-hybridized carbons (Fsp3) is 0.875. The second-order valence-corrected chi connectivity index (χ2v) is 4.66. The summed E-state index contributed by atoms with van der Waals surface area (Å²) in [5, 5.41) is 0.678. The van der Waals surface area contributed by atoms with Gasteiger partial charge in [0.25, 0.3) is 0 Å². The van der Waals surface area contributed by atoms with Gasteiger partial charge in [-0.25, -0.2) is 0 Å². The van der Waals surface area contributed by atoms with E-state index in [1.807, 2.05) is 13.8 Å². The molecule has 0 aromatic rings. The van der Waals surface area contributed by atoms with Crippen molar-refractivity contribution in [2.45, 2.75) is 32.1 Å². The Bertz CT molecular complexity index is 198. The maximum absolute atomic E-state index is 6.11. The van der Waals surface area contributed by atoms with Gasteiger partial charge in [0.05, 0.1) is 4.87 Å². The average molecular weight is 194 g/mol. The van der Waals surface area contributed by atoms with E-state index in [1.165, 1.54) is 0 Å². The molecule has 0 saturated heterocycles. The van der Waals surface area contributed by atoms with E-state index >= 15 is 0 Å². The molecule has 1 aliphatic rings. The summed E-state index contributed by atoms with van der Waals surface area (Å²) < 4.78 is 0. The highest BCUT2D eigenvalue weighted by Crippen LogP contribution is 2.62. The Kier molecular flexibility index (Phi) is 2.24. The van der Waals surface area contributed by atoms with E-state index < -0.39 is 0 Å². The Hall–Kier alpha value is 0.250. The molecule has 0 spiro atoms. The van der Waals surface area contributed by atoms with Gasteiger partial charge < -0.3 is 0 Å². The standard InChI is InChI=1S/C8H13Cl2N/c1-4-11-6(9)7(2)5-8(7,3)10/h4-5H2,1-3H3. The van der Waals surface area contributed by atoms with Crippen molar-refractivity contribution < 1.29 is 0 Å². The highest BCUT2D eigenvalue weighted by Gasteiger charge is 2.63. The highest BCUT2D eigenvalue weighted by atomic mass is 35.5. The number of alkyl halides is 1. The van der Waals surface area contributed by atoms with Gasteiger partial charge in [-0.05, 0) is 20.3 Å². The van der Waals surface area contributed by atoms with Crippen molar-refractivity contribution in [3.8, 4) is 0 Å². The summed E-state index contributed by atoms with van der Waals surface area (Å²) in [4.78, 5) is 3.99. The van der Waals surface area contributed by atoms with Gasteiger partial charge in [-0.2, -0.15) is 0 Å². The molecule has 0 aliphatic heterocycles. The molecule has 1 nitrogen and oxygen atoms in total. The van der Waals surface area contributed by atoms with Crippen molar-refractivity contribution in [3.05, 3.63) is 0 Å². The van der Waals surface area contributed by atoms with Crippen molar-refractivity contribution in [1.29, 1.82) is 0 Å². The summed E-state index contributed by atoms with van der Waals surface area (Å²) in [6.45, 7) is 6.77. The third kappa shape index (κ3) is 1.41. The van der Waals surface area contributed by atoms with Crippen molar-refractivity contribution in [1.82, 2.24) is 0 Å². The number of rotatable bonds is 2. The van der Waals surface area contributed by atoms with Crippen LogP contribution >= 0.6 is 23.2 Å². The molecule has 0 amide bonds. The quantitative estimate of drug-likeness (QED) is 0.473. The van der Waals surface area contributed by atoms with Crippen LogP contribution in [0.3, 0.4) is 0 Å². The van der Waals surface area contributed by atoms with Crippen molar-refractivity contribution in [3.63, 3.8) is 0 Å². The fourth-order valence-electron chi connectivity index (χ4n) is 1.22. The van der Waals surface area contributed by atoms with E-state index in [0.717, 1.165) is 13.0 Å². The monoisotopic (exact) mass is 193 g/mol. The minimum Gasteiger partial charge on any atom is -0.277 e. The van der Waals surface area contributed by atoms with Crippen LogP contribution in [0.15, 0.2) is 4.99 Å². The first kappa shape index (κ1) is 9.34. The second kappa shape index (κ2) is 2.63. The van der Waals surface area contributed by atoms with E-state index in [1.54, 1.807) is 0 Å². The Balaban J connectivity index is 2.71. The molecule has 0 radical (unpaired) electrons. The van der Waals surface area contributed by atoms with E-state index in [4.69, 9.17) is 23.2 Å². The molecule has 0 N–H and O–H groups in total. The number of aliphatic imine (C=N–C) groups is 1. The molecule has 2 unspecified atom stereocenters. The Labute approximate surface area is 77.8 Å². The molecular formula is C8H13Cl2N. The highest BCUT2D eigenvalue weighted by molar-refractivity contribution is 6.68. The molecule has 1 aliphatic carbocycles. The van der Waals surface area contributed by atoms with Crippen LogP contribution < -0.4 is 0 Å². The lowest BCUT2D eigenvalue weighted by molar-refractivity contribution is 0.739. The third-order valence-electron chi connectivity index (χ3n) is 2.46. The van der Waals surface area contributed by atoms with E-state index in [2.05, 4.69) is 11.9 Å². The predicted octanol–water partition coefficient (Wildman–Crippen LogP) is 3.05. The molecule has 0 aromatic carbocycles. The van der Waals surface area contributed by atoms with Crippen LogP contribution in [0.4, 0.5) is 0 Å². The smallest absolute Gasteiger partial charge is 0.108 e. The normalized spacial score (nSPS) is 44.3. The van der Waals surface area contributed by atoms with Crippen LogP contribution in [0, 0.1) is 5.41 Å². The zero-order chi connectivity index (χ0) is 8.70. The molecule has 0 heterocycles. The van der Waals surface area contributed by atoms with Crippen LogP contribution in [-0.4, -0.2) is 16.6 Å².